The molecule has 1 aliphatic carbocycles. The van der Waals surface area contributed by atoms with Gasteiger partial charge in [-0.25, -0.2) is 9.37 Å². The summed E-state index contributed by atoms with van der Waals surface area (Å²) in [4.78, 5) is 4.22. The van der Waals surface area contributed by atoms with Crippen molar-refractivity contribution in [3.8, 4) is 11.6 Å². The normalized spacial score (nSPS) is 19.9. The Bertz CT molecular complexity index is 1000. The van der Waals surface area contributed by atoms with Crippen LogP contribution in [0, 0.1) is 5.92 Å². The van der Waals surface area contributed by atoms with Crippen molar-refractivity contribution in [2.45, 2.75) is 58.6 Å². The minimum absolute atomic E-state index is 0.144. The summed E-state index contributed by atoms with van der Waals surface area (Å²) in [5, 5.41) is 4.76. The summed E-state index contributed by atoms with van der Waals surface area (Å²) < 4.78 is 28.2. The lowest BCUT2D eigenvalue weighted by Gasteiger charge is -2.24. The van der Waals surface area contributed by atoms with Gasteiger partial charge in [-0.2, -0.15) is 5.10 Å². The Hall–Kier alpha value is -2.89. The topological polar surface area (TPSA) is 49.2 Å². The van der Waals surface area contributed by atoms with Crippen LogP contribution >= 0.6 is 0 Å². The van der Waals surface area contributed by atoms with E-state index in [0.29, 0.717) is 28.8 Å². The average Bonchev–Trinajstić information content (AvgIpc) is 3.55. The molecule has 0 aromatic carbocycles. The number of ether oxygens (including phenoxy) is 2. The maximum Gasteiger partial charge on any atom is 0.213 e. The summed E-state index contributed by atoms with van der Waals surface area (Å²) in [5.74, 6) is 1.54. The fourth-order valence-electron chi connectivity index (χ4n) is 4.00. The van der Waals surface area contributed by atoms with Gasteiger partial charge in [-0.05, 0) is 68.7 Å². The second-order valence-corrected chi connectivity index (χ2v) is 8.04. The van der Waals surface area contributed by atoms with Crippen LogP contribution in [0.25, 0.3) is 5.57 Å². The highest BCUT2D eigenvalue weighted by atomic mass is 19.1. The van der Waals surface area contributed by atoms with Crippen molar-refractivity contribution in [3.63, 3.8) is 0 Å². The molecule has 164 valence electrons. The van der Waals surface area contributed by atoms with Gasteiger partial charge in [-0.3, -0.25) is 4.68 Å². The van der Waals surface area contributed by atoms with E-state index in [4.69, 9.17) is 14.6 Å². The van der Waals surface area contributed by atoms with Gasteiger partial charge >= 0.3 is 0 Å². The van der Waals surface area contributed by atoms with Gasteiger partial charge in [0.15, 0.2) is 0 Å². The second-order valence-electron chi connectivity index (χ2n) is 8.04. The lowest BCUT2D eigenvalue weighted by atomic mass is 10.0. The molecule has 1 saturated carbocycles. The number of hydrogen-bond acceptors (Lipinski definition) is 4. The molecular weight excluding hydrogens is 393 g/mol. The number of halogens is 1. The minimum Gasteiger partial charge on any atom is -0.483 e. The van der Waals surface area contributed by atoms with Crippen molar-refractivity contribution in [2.75, 3.05) is 7.11 Å². The van der Waals surface area contributed by atoms with Crippen LogP contribution in [0.3, 0.4) is 0 Å². The molecule has 0 bridgehead atoms. The number of rotatable bonds is 8. The van der Waals surface area contributed by atoms with Crippen molar-refractivity contribution in [2.24, 2.45) is 5.92 Å². The van der Waals surface area contributed by atoms with Crippen LogP contribution < -0.4 is 9.47 Å². The number of hydrogen-bond donors (Lipinski definition) is 0. The zero-order chi connectivity index (χ0) is 21.8. The van der Waals surface area contributed by atoms with Crippen molar-refractivity contribution < 1.29 is 13.9 Å². The van der Waals surface area contributed by atoms with Gasteiger partial charge in [0.25, 0.3) is 0 Å². The van der Waals surface area contributed by atoms with Gasteiger partial charge < -0.3 is 9.47 Å². The van der Waals surface area contributed by atoms with E-state index in [1.807, 2.05) is 22.9 Å². The van der Waals surface area contributed by atoms with E-state index in [9.17, 15) is 4.39 Å². The Labute approximate surface area is 183 Å². The zero-order valence-corrected chi connectivity index (χ0v) is 18.5. The molecule has 1 fully saturated rings. The Morgan fingerprint density at radius 3 is 2.77 bits per heavy atom. The molecule has 2 aliphatic rings. The van der Waals surface area contributed by atoms with Crippen LogP contribution in [0.1, 0.15) is 63.4 Å². The first-order chi connectivity index (χ1) is 15.1. The molecule has 0 saturated heterocycles. The minimum atomic E-state index is -0.241. The molecule has 2 aromatic heterocycles. The molecule has 31 heavy (non-hydrogen) atoms. The van der Waals surface area contributed by atoms with Gasteiger partial charge in [0.2, 0.25) is 5.88 Å². The van der Waals surface area contributed by atoms with Crippen LogP contribution in [-0.2, 0) is 6.54 Å². The monoisotopic (exact) mass is 423 g/mol. The van der Waals surface area contributed by atoms with E-state index in [-0.39, 0.29) is 11.9 Å². The summed E-state index contributed by atoms with van der Waals surface area (Å²) in [6.07, 6.45) is 12.4. The smallest absolute Gasteiger partial charge is 0.213 e. The van der Waals surface area contributed by atoms with Crippen LogP contribution in [0.15, 0.2) is 54.0 Å². The van der Waals surface area contributed by atoms with Gasteiger partial charge in [0, 0.05) is 18.2 Å². The van der Waals surface area contributed by atoms with E-state index in [0.717, 1.165) is 31.5 Å². The van der Waals surface area contributed by atoms with E-state index in [1.54, 1.807) is 26.3 Å². The first-order valence-corrected chi connectivity index (χ1v) is 11.1. The van der Waals surface area contributed by atoms with E-state index < -0.39 is 0 Å². The highest BCUT2D eigenvalue weighted by Crippen LogP contribution is 2.40. The number of aromatic nitrogens is 3. The fourth-order valence-corrected chi connectivity index (χ4v) is 4.00. The average molecular weight is 424 g/mol. The first kappa shape index (κ1) is 21.3. The largest absolute Gasteiger partial charge is 0.483 e. The summed E-state index contributed by atoms with van der Waals surface area (Å²) >= 11 is 0. The molecule has 0 amide bonds. The lowest BCUT2D eigenvalue weighted by Crippen LogP contribution is -2.20. The number of pyridine rings is 1. The fraction of sp³-hybridized carbons (Fsp3) is 0.440. The van der Waals surface area contributed by atoms with Crippen LogP contribution in [0.2, 0.25) is 0 Å². The van der Waals surface area contributed by atoms with E-state index >= 15 is 0 Å². The number of allylic oxidation sites excluding steroid dienone is 6. The molecule has 4 rings (SSSR count). The molecule has 2 aromatic rings. The van der Waals surface area contributed by atoms with Crippen molar-refractivity contribution in [3.05, 3.63) is 65.4 Å². The highest BCUT2D eigenvalue weighted by molar-refractivity contribution is 5.77. The van der Waals surface area contributed by atoms with Crippen LogP contribution in [-0.4, -0.2) is 21.9 Å². The predicted octanol–water partition coefficient (Wildman–Crippen LogP) is 6.20. The maximum atomic E-state index is 14.9. The van der Waals surface area contributed by atoms with Crippen molar-refractivity contribution in [1.29, 1.82) is 0 Å². The number of fused-ring (bicyclic) bond motifs is 1. The third-order valence-electron chi connectivity index (χ3n) is 5.76. The summed E-state index contributed by atoms with van der Waals surface area (Å²) in [6, 6.07) is 5.61. The third kappa shape index (κ3) is 4.89. The lowest BCUT2D eigenvalue weighted by molar-refractivity contribution is 0.159. The predicted molar refractivity (Wildman–Crippen MR) is 120 cm³/mol. The maximum absolute atomic E-state index is 14.9. The SMILES string of the molecule is C\C=C(F)/C(=C\C(=C\CC)C1CC1)c1cc2n(n1)CCCC2Oc1ccc(OC)nc1. The number of aryl methyl sites for hydroxylation is 1. The summed E-state index contributed by atoms with van der Waals surface area (Å²) in [7, 11) is 1.59. The van der Waals surface area contributed by atoms with Crippen LogP contribution in [0.5, 0.6) is 11.6 Å². The Morgan fingerprint density at radius 1 is 1.29 bits per heavy atom. The number of methoxy groups -OCH3 is 1. The third-order valence-corrected chi connectivity index (χ3v) is 5.76. The standard InChI is InChI=1S/C25H30FN3O2/c1-4-7-18(17-9-10-17)14-20(21(26)5-2)22-15-23-24(8-6-13-29(23)28-22)31-19-11-12-25(30-3)27-16-19/h5,7,11-12,14-17,24H,4,6,8-10,13H2,1-3H3/b18-7-,20-14+,21-5+. The molecule has 3 heterocycles. The molecule has 1 aliphatic heterocycles. The molecule has 0 N–H and O–H groups in total. The van der Waals surface area contributed by atoms with Gasteiger partial charge in [-0.1, -0.05) is 19.1 Å². The molecule has 1 unspecified atom stereocenters. The zero-order valence-electron chi connectivity index (χ0n) is 18.5. The Morgan fingerprint density at radius 2 is 2.13 bits per heavy atom. The van der Waals surface area contributed by atoms with Crippen molar-refractivity contribution in [1.82, 2.24) is 14.8 Å². The van der Waals surface area contributed by atoms with Gasteiger partial charge in [0.05, 0.1) is 24.7 Å². The van der Waals surface area contributed by atoms with Crippen molar-refractivity contribution >= 4 is 5.57 Å². The Balaban J connectivity index is 1.64. The quantitative estimate of drug-likeness (QED) is 0.474. The molecule has 0 spiro atoms. The summed E-state index contributed by atoms with van der Waals surface area (Å²) in [6.45, 7) is 4.65. The van der Waals surface area contributed by atoms with Crippen LogP contribution in [0.4, 0.5) is 4.39 Å². The summed E-state index contributed by atoms with van der Waals surface area (Å²) in [5.41, 5.74) is 3.41. The van der Waals surface area contributed by atoms with E-state index in [1.165, 1.54) is 24.5 Å². The molecular formula is C25H30FN3O2. The Kier molecular flexibility index (Phi) is 6.54. The van der Waals surface area contributed by atoms with Gasteiger partial charge in [-0.15, -0.1) is 0 Å². The molecule has 5 nitrogen and oxygen atoms in total. The first-order valence-electron chi connectivity index (χ1n) is 11.1. The van der Waals surface area contributed by atoms with Gasteiger partial charge in [0.1, 0.15) is 17.7 Å². The highest BCUT2D eigenvalue weighted by Gasteiger charge is 2.28. The second kappa shape index (κ2) is 9.50. The molecule has 1 atom stereocenters. The molecule has 6 heteroatoms. The molecule has 0 radical (unpaired) electrons. The number of nitrogens with zero attached hydrogens (tertiary/aromatic N) is 3. The van der Waals surface area contributed by atoms with E-state index in [2.05, 4.69) is 18.0 Å².